The molecule has 1 heteroatoms. The van der Waals surface area contributed by atoms with Gasteiger partial charge in [-0.05, 0) is 56.5 Å². The van der Waals surface area contributed by atoms with Gasteiger partial charge in [0.1, 0.15) is 0 Å². The molecule has 1 nitrogen and oxygen atoms in total. The summed E-state index contributed by atoms with van der Waals surface area (Å²) in [4.78, 5) is 2.43. The van der Waals surface area contributed by atoms with Crippen LogP contribution in [0.3, 0.4) is 0 Å². The quantitative estimate of drug-likeness (QED) is 0.703. The fraction of sp³-hybridized carbons (Fsp3) is 0.304. The monoisotopic (exact) mass is 317 g/mol. The van der Waals surface area contributed by atoms with Crippen LogP contribution in [0.2, 0.25) is 0 Å². The van der Waals surface area contributed by atoms with Gasteiger partial charge < -0.3 is 0 Å². The van der Waals surface area contributed by atoms with Crippen molar-refractivity contribution in [2.45, 2.75) is 32.7 Å². The van der Waals surface area contributed by atoms with Gasteiger partial charge in [0.05, 0.1) is 0 Å². The molecular weight excluding hydrogens is 290 g/mol. The van der Waals surface area contributed by atoms with Gasteiger partial charge in [0.15, 0.2) is 0 Å². The third-order valence-corrected chi connectivity index (χ3v) is 4.87. The van der Waals surface area contributed by atoms with Gasteiger partial charge in [-0.3, -0.25) is 4.90 Å². The molecule has 0 amide bonds. The summed E-state index contributed by atoms with van der Waals surface area (Å²) in [6, 6.07) is 21.5. The van der Waals surface area contributed by atoms with E-state index in [9.17, 15) is 0 Å². The van der Waals surface area contributed by atoms with Gasteiger partial charge in [0.25, 0.3) is 0 Å². The maximum absolute atomic E-state index is 2.43. The zero-order valence-corrected chi connectivity index (χ0v) is 15.2. The lowest BCUT2D eigenvalue weighted by atomic mass is 9.96. The van der Waals surface area contributed by atoms with E-state index in [0.29, 0.717) is 0 Å². The number of nitrogens with zero attached hydrogens (tertiary/aromatic N) is 1. The van der Waals surface area contributed by atoms with Gasteiger partial charge in [-0.15, -0.1) is 0 Å². The average Bonchev–Trinajstić information content (AvgIpc) is 2.99. The summed E-state index contributed by atoms with van der Waals surface area (Å²) in [5.74, 6) is 0. The highest BCUT2D eigenvalue weighted by Crippen LogP contribution is 2.39. The van der Waals surface area contributed by atoms with E-state index in [4.69, 9.17) is 0 Å². The smallest absolute Gasteiger partial charge is 0.0201 e. The van der Waals surface area contributed by atoms with Crippen molar-refractivity contribution in [1.82, 2.24) is 4.90 Å². The number of likely N-dealkylation sites (N-methyl/N-ethyl adjacent to an activating group) is 1. The topological polar surface area (TPSA) is 3.24 Å². The molecule has 124 valence electrons. The lowest BCUT2D eigenvalue weighted by Gasteiger charge is -2.32. The molecule has 0 heterocycles. The fourth-order valence-electron chi connectivity index (χ4n) is 3.08. The number of benzene rings is 2. The Morgan fingerprint density at radius 2 is 1.38 bits per heavy atom. The third kappa shape index (κ3) is 3.68. The number of hydrogen-bond acceptors (Lipinski definition) is 1. The standard InChI is InChI=1S/C23H27N/c1-23(2,3)24(4)17-18-15-21(19-11-7-5-8-12-19)22(16-18)20-13-9-6-10-14-20/h5-15H,16-17H2,1-4H3. The molecule has 24 heavy (non-hydrogen) atoms. The molecule has 0 radical (unpaired) electrons. The molecular formula is C23H27N. The predicted octanol–water partition coefficient (Wildman–Crippen LogP) is 5.66. The third-order valence-electron chi connectivity index (χ3n) is 4.87. The molecule has 0 aromatic heterocycles. The number of allylic oxidation sites excluding steroid dienone is 3. The molecule has 0 atom stereocenters. The molecule has 0 bridgehead atoms. The Balaban J connectivity index is 1.94. The first-order valence-corrected chi connectivity index (χ1v) is 8.70. The Hall–Kier alpha value is -2.12. The summed E-state index contributed by atoms with van der Waals surface area (Å²) < 4.78 is 0. The van der Waals surface area contributed by atoms with Gasteiger partial charge in [-0.2, -0.15) is 0 Å². The van der Waals surface area contributed by atoms with Gasteiger partial charge in [-0.25, -0.2) is 0 Å². The van der Waals surface area contributed by atoms with E-state index >= 15 is 0 Å². The minimum Gasteiger partial charge on any atom is -0.298 e. The highest BCUT2D eigenvalue weighted by Gasteiger charge is 2.23. The molecule has 2 aromatic carbocycles. The van der Waals surface area contributed by atoms with Crippen LogP contribution in [0.5, 0.6) is 0 Å². The van der Waals surface area contributed by atoms with E-state index in [1.807, 2.05) is 0 Å². The minimum atomic E-state index is 0.184. The highest BCUT2D eigenvalue weighted by atomic mass is 15.2. The molecule has 0 spiro atoms. The lowest BCUT2D eigenvalue weighted by Crippen LogP contribution is -2.39. The van der Waals surface area contributed by atoms with Crippen LogP contribution in [0.25, 0.3) is 11.1 Å². The Morgan fingerprint density at radius 1 is 0.833 bits per heavy atom. The van der Waals surface area contributed by atoms with Crippen LogP contribution in [-0.4, -0.2) is 24.0 Å². The van der Waals surface area contributed by atoms with Crippen molar-refractivity contribution in [1.29, 1.82) is 0 Å². The van der Waals surface area contributed by atoms with E-state index in [-0.39, 0.29) is 5.54 Å². The van der Waals surface area contributed by atoms with Crippen molar-refractivity contribution in [2.24, 2.45) is 0 Å². The first-order valence-electron chi connectivity index (χ1n) is 8.70. The van der Waals surface area contributed by atoms with Crippen molar-refractivity contribution in [3.05, 3.63) is 83.4 Å². The van der Waals surface area contributed by atoms with Crippen LogP contribution in [-0.2, 0) is 0 Å². The van der Waals surface area contributed by atoms with Gasteiger partial charge in [0.2, 0.25) is 0 Å². The molecule has 0 saturated heterocycles. The molecule has 0 fully saturated rings. The number of rotatable bonds is 4. The van der Waals surface area contributed by atoms with E-state index < -0.39 is 0 Å². The van der Waals surface area contributed by atoms with Crippen molar-refractivity contribution in [2.75, 3.05) is 13.6 Å². The second-order valence-corrected chi connectivity index (χ2v) is 7.63. The van der Waals surface area contributed by atoms with Gasteiger partial charge in [0, 0.05) is 12.1 Å². The van der Waals surface area contributed by atoms with Crippen LogP contribution in [0.1, 0.15) is 38.3 Å². The first kappa shape index (κ1) is 16.7. The summed E-state index contributed by atoms with van der Waals surface area (Å²) in [6.07, 6.45) is 3.44. The van der Waals surface area contributed by atoms with Crippen molar-refractivity contribution >= 4 is 11.1 Å². The zero-order valence-electron chi connectivity index (χ0n) is 15.2. The van der Waals surface area contributed by atoms with Crippen LogP contribution in [0, 0.1) is 0 Å². The molecule has 2 aromatic rings. The Morgan fingerprint density at radius 3 is 1.92 bits per heavy atom. The van der Waals surface area contributed by atoms with Crippen LogP contribution >= 0.6 is 0 Å². The van der Waals surface area contributed by atoms with E-state index in [0.717, 1.165) is 13.0 Å². The zero-order chi connectivity index (χ0) is 17.2. The van der Waals surface area contributed by atoms with Gasteiger partial charge >= 0.3 is 0 Å². The second-order valence-electron chi connectivity index (χ2n) is 7.63. The van der Waals surface area contributed by atoms with E-state index in [1.54, 1.807) is 0 Å². The lowest BCUT2D eigenvalue weighted by molar-refractivity contribution is 0.191. The summed E-state index contributed by atoms with van der Waals surface area (Å²) >= 11 is 0. The summed E-state index contributed by atoms with van der Waals surface area (Å²) in [5.41, 5.74) is 7.14. The molecule has 0 aliphatic heterocycles. The van der Waals surface area contributed by atoms with Crippen molar-refractivity contribution in [3.63, 3.8) is 0 Å². The van der Waals surface area contributed by atoms with E-state index in [2.05, 4.69) is 99.5 Å². The Kier molecular flexibility index (Phi) is 4.73. The second kappa shape index (κ2) is 6.78. The number of hydrogen-bond donors (Lipinski definition) is 0. The largest absolute Gasteiger partial charge is 0.298 e. The average molecular weight is 317 g/mol. The van der Waals surface area contributed by atoms with Crippen LogP contribution in [0.4, 0.5) is 0 Å². The Labute approximate surface area is 146 Å². The molecule has 3 rings (SSSR count). The fourth-order valence-corrected chi connectivity index (χ4v) is 3.08. The van der Waals surface area contributed by atoms with Crippen molar-refractivity contribution in [3.8, 4) is 0 Å². The predicted molar refractivity (Wildman–Crippen MR) is 105 cm³/mol. The summed E-state index contributed by atoms with van der Waals surface area (Å²) in [6.45, 7) is 7.82. The minimum absolute atomic E-state index is 0.184. The van der Waals surface area contributed by atoms with Crippen molar-refractivity contribution < 1.29 is 0 Å². The Bertz CT molecular complexity index is 746. The normalized spacial score (nSPS) is 15.1. The highest BCUT2D eigenvalue weighted by molar-refractivity contribution is 5.99. The molecule has 0 saturated carbocycles. The SMILES string of the molecule is CN(CC1=CC(c2ccccc2)=C(c2ccccc2)C1)C(C)(C)C. The summed E-state index contributed by atoms with van der Waals surface area (Å²) in [5, 5.41) is 0. The van der Waals surface area contributed by atoms with Crippen LogP contribution < -0.4 is 0 Å². The summed E-state index contributed by atoms with van der Waals surface area (Å²) in [7, 11) is 2.21. The first-order chi connectivity index (χ1) is 11.4. The van der Waals surface area contributed by atoms with Crippen LogP contribution in [0.15, 0.2) is 72.3 Å². The molecule has 1 aliphatic rings. The van der Waals surface area contributed by atoms with E-state index in [1.165, 1.54) is 27.8 Å². The molecule has 0 unspecified atom stereocenters. The van der Waals surface area contributed by atoms with Gasteiger partial charge in [-0.1, -0.05) is 72.3 Å². The maximum atomic E-state index is 2.43. The molecule has 0 N–H and O–H groups in total. The maximum Gasteiger partial charge on any atom is 0.0201 e. The molecule has 1 aliphatic carbocycles.